The van der Waals surface area contributed by atoms with Crippen LogP contribution in [0.4, 0.5) is 4.79 Å². The predicted molar refractivity (Wildman–Crippen MR) is 192 cm³/mol. The number of carbonyl (C=O) groups excluding carboxylic acids is 2. The Morgan fingerprint density at radius 3 is 2.04 bits per heavy atom. The molecule has 0 aromatic heterocycles. The van der Waals surface area contributed by atoms with Gasteiger partial charge in [0.1, 0.15) is 5.78 Å². The van der Waals surface area contributed by atoms with Crippen LogP contribution in [-0.4, -0.2) is 82.4 Å². The molecular formula is C38H47B2NO11. The molecule has 52 heavy (non-hydrogen) atoms. The van der Waals surface area contributed by atoms with E-state index >= 15 is 0 Å². The summed E-state index contributed by atoms with van der Waals surface area (Å²) in [4.78, 5) is 53.0. The van der Waals surface area contributed by atoms with Crippen LogP contribution in [-0.2, 0) is 32.1 Å². The number of hydrogen-bond donors (Lipinski definition) is 4. The number of nitrogens with zero attached hydrogens (tertiary/aromatic N) is 1. The number of methoxy groups -OCH3 is 1. The zero-order valence-corrected chi connectivity index (χ0v) is 30.3. The average molecular weight is 715 g/mol. The summed E-state index contributed by atoms with van der Waals surface area (Å²) >= 11 is 0. The molecule has 3 aliphatic carbocycles. The number of carbonyl (C=O) groups is 4. The van der Waals surface area contributed by atoms with Gasteiger partial charge in [-0.3, -0.25) is 9.59 Å². The second-order valence-electron chi connectivity index (χ2n) is 15.7. The lowest BCUT2D eigenvalue weighted by Gasteiger charge is -2.63. The van der Waals surface area contributed by atoms with Crippen molar-refractivity contribution in [1.82, 2.24) is 4.90 Å². The highest BCUT2D eigenvalue weighted by atomic mass is 16.5. The third kappa shape index (κ3) is 5.92. The summed E-state index contributed by atoms with van der Waals surface area (Å²) in [6.07, 6.45) is 3.64. The monoisotopic (exact) mass is 715 g/mol. The van der Waals surface area contributed by atoms with Crippen LogP contribution in [0.1, 0.15) is 91.6 Å². The van der Waals surface area contributed by atoms with E-state index in [-0.39, 0.29) is 59.2 Å². The van der Waals surface area contributed by atoms with Gasteiger partial charge in [0.25, 0.3) is 5.91 Å². The van der Waals surface area contributed by atoms with Gasteiger partial charge in [0, 0.05) is 24.0 Å². The van der Waals surface area contributed by atoms with Crippen LogP contribution in [0.2, 0.25) is 0 Å². The van der Waals surface area contributed by atoms with E-state index in [4.69, 9.17) is 19.2 Å². The van der Waals surface area contributed by atoms with Gasteiger partial charge in [-0.1, -0.05) is 39.0 Å². The van der Waals surface area contributed by atoms with E-state index < -0.39 is 49.1 Å². The first-order chi connectivity index (χ1) is 24.5. The number of benzene rings is 2. The largest absolute Gasteiger partial charge is 0.491 e. The molecule has 3 saturated carbocycles. The van der Waals surface area contributed by atoms with Gasteiger partial charge >= 0.3 is 26.3 Å². The summed E-state index contributed by atoms with van der Waals surface area (Å²) in [6.45, 7) is 12.7. The smallest absolute Gasteiger partial charge is 0.478 e. The summed E-state index contributed by atoms with van der Waals surface area (Å²) in [5.41, 5.74) is 0.956. The number of aromatic carboxylic acids is 1. The summed E-state index contributed by atoms with van der Waals surface area (Å²) in [7, 11) is -0.443. The Morgan fingerprint density at radius 2 is 1.50 bits per heavy atom. The van der Waals surface area contributed by atoms with Crippen LogP contribution < -0.4 is 10.9 Å². The van der Waals surface area contributed by atoms with Crippen molar-refractivity contribution in [3.63, 3.8) is 0 Å². The van der Waals surface area contributed by atoms with Crippen molar-refractivity contribution in [2.75, 3.05) is 7.11 Å². The van der Waals surface area contributed by atoms with Gasteiger partial charge in [-0.2, -0.15) is 0 Å². The normalized spacial score (nSPS) is 33.1. The highest BCUT2D eigenvalue weighted by Crippen LogP contribution is 2.69. The average Bonchev–Trinajstić information content (AvgIpc) is 3.83. The van der Waals surface area contributed by atoms with Gasteiger partial charge in [-0.15, -0.1) is 6.58 Å². The molecule has 2 bridgehead atoms. The van der Waals surface area contributed by atoms with Crippen molar-refractivity contribution in [1.29, 1.82) is 0 Å². The zero-order valence-electron chi connectivity index (χ0n) is 30.3. The molecular weight excluding hydrogens is 668 g/mol. The SMILES string of the molecule is C=C[C@]1(C)C[C@@H](N(C(=O)O)C(=O)c2ccc3c(c2)B(O)OC3)[C@]2(C)[C@H](C)CC[C@]3(CC[C@@H](OC)[C@@H]32)[C@@H](C)C1=O.O=C(O)c1ccc2c(c1)B(O)OC2. The van der Waals surface area contributed by atoms with Crippen LogP contribution in [0.5, 0.6) is 0 Å². The molecule has 12 nitrogen and oxygen atoms in total. The fourth-order valence-corrected chi connectivity index (χ4v) is 10.2. The van der Waals surface area contributed by atoms with Crippen molar-refractivity contribution in [3.05, 3.63) is 71.3 Å². The van der Waals surface area contributed by atoms with Gasteiger partial charge in [-0.05, 0) is 108 Å². The molecule has 0 saturated heterocycles. The van der Waals surface area contributed by atoms with Crippen LogP contribution in [0, 0.1) is 34.0 Å². The van der Waals surface area contributed by atoms with Crippen molar-refractivity contribution >= 4 is 48.9 Å². The van der Waals surface area contributed by atoms with E-state index in [1.165, 1.54) is 18.2 Å². The van der Waals surface area contributed by atoms with Gasteiger partial charge in [-0.25, -0.2) is 14.5 Å². The number of carboxylic acid groups (broad SMARTS) is 2. The van der Waals surface area contributed by atoms with Gasteiger partial charge in [0.05, 0.1) is 30.9 Å². The highest BCUT2D eigenvalue weighted by Gasteiger charge is 2.69. The number of hydrogen-bond acceptors (Lipinski definition) is 9. The number of allylic oxidation sites excluding steroid dienone is 1. The van der Waals surface area contributed by atoms with Crippen LogP contribution in [0.25, 0.3) is 0 Å². The highest BCUT2D eigenvalue weighted by molar-refractivity contribution is 6.62. The lowest BCUT2D eigenvalue weighted by Crippen LogP contribution is -2.66. The summed E-state index contributed by atoms with van der Waals surface area (Å²) in [6, 6.07) is 8.62. The number of Topliss-reactive ketones (excluding diaryl/α,β-unsaturated/α-hetero) is 1. The zero-order chi connectivity index (χ0) is 37.9. The molecule has 2 heterocycles. The molecule has 2 aliphatic heterocycles. The van der Waals surface area contributed by atoms with E-state index in [0.29, 0.717) is 17.5 Å². The Balaban J connectivity index is 0.000000299. The number of fused-ring (bicyclic) bond motifs is 2. The summed E-state index contributed by atoms with van der Waals surface area (Å²) in [5.74, 6) is -1.87. The third-order valence-corrected chi connectivity index (χ3v) is 13.4. The molecule has 14 heteroatoms. The Kier molecular flexibility index (Phi) is 10.1. The van der Waals surface area contributed by atoms with Crippen LogP contribution >= 0.6 is 0 Å². The molecule has 0 radical (unpaired) electrons. The maximum atomic E-state index is 14.2. The lowest BCUT2D eigenvalue weighted by molar-refractivity contribution is -0.172. The molecule has 0 unspecified atom stereocenters. The quantitative estimate of drug-likeness (QED) is 0.262. The Hall–Kier alpha value is -3.81. The molecule has 8 atom stereocenters. The maximum absolute atomic E-state index is 14.2. The van der Waals surface area contributed by atoms with E-state index in [1.54, 1.807) is 31.4 Å². The fraction of sp³-hybridized carbons (Fsp3) is 0.526. The first-order valence-corrected chi connectivity index (χ1v) is 17.9. The molecule has 276 valence electrons. The van der Waals surface area contributed by atoms with Gasteiger partial charge in [0.15, 0.2) is 0 Å². The Labute approximate surface area is 304 Å². The lowest BCUT2D eigenvalue weighted by atomic mass is 9.43. The fourth-order valence-electron chi connectivity index (χ4n) is 10.2. The minimum atomic E-state index is -1.36. The topological polar surface area (TPSA) is 180 Å². The molecule has 0 spiro atoms. The Bertz CT molecular complexity index is 1800. The molecule has 3 fully saturated rings. The maximum Gasteiger partial charge on any atom is 0.491 e. The van der Waals surface area contributed by atoms with Gasteiger partial charge in [0.2, 0.25) is 0 Å². The number of carboxylic acids is 1. The van der Waals surface area contributed by atoms with E-state index in [0.717, 1.165) is 41.7 Å². The molecule has 2 aromatic carbocycles. The number of ketones is 1. The Morgan fingerprint density at radius 1 is 0.942 bits per heavy atom. The predicted octanol–water partition coefficient (Wildman–Crippen LogP) is 3.64. The van der Waals surface area contributed by atoms with E-state index in [2.05, 4.69) is 20.4 Å². The third-order valence-electron chi connectivity index (χ3n) is 13.4. The standard InChI is InChI=1S/C30H40BNO7.C8H7BO4/c1-7-28(4)15-23(32(27(35)36)26(34)19-8-9-20-16-39-31(37)21(20)14-19)29(5)17(2)10-12-30(18(3)25(28)33)13-11-22(38-6)24(29)30;10-8(11)5-1-2-6-4-13-9(12)7(6)3-5/h7-9,14,17-18,22-24,37H,1,10-13,15-16H2,2-6H3,(H,35,36);1-3,12H,4H2,(H,10,11)/t17-,18+,22-,23-,24-,28-,29+,30+;/m1./s1. The number of rotatable bonds is 5. The molecule has 7 rings (SSSR count). The molecule has 2 aromatic rings. The van der Waals surface area contributed by atoms with E-state index in [1.807, 2.05) is 13.8 Å². The minimum Gasteiger partial charge on any atom is -0.478 e. The first kappa shape index (κ1) is 37.9. The van der Waals surface area contributed by atoms with Crippen LogP contribution in [0.3, 0.4) is 0 Å². The molecule has 4 N–H and O–H groups in total. The van der Waals surface area contributed by atoms with Crippen molar-refractivity contribution in [2.45, 2.75) is 85.2 Å². The van der Waals surface area contributed by atoms with Crippen molar-refractivity contribution in [3.8, 4) is 0 Å². The first-order valence-electron chi connectivity index (χ1n) is 17.9. The number of amides is 2. The minimum absolute atomic E-state index is 0.0523. The summed E-state index contributed by atoms with van der Waals surface area (Å²) < 4.78 is 16.3. The second kappa shape index (κ2) is 13.9. The number of imide groups is 1. The number of ether oxygens (including phenoxy) is 1. The van der Waals surface area contributed by atoms with Crippen molar-refractivity contribution in [2.24, 2.45) is 34.0 Å². The van der Waals surface area contributed by atoms with E-state index in [9.17, 15) is 34.3 Å². The summed E-state index contributed by atoms with van der Waals surface area (Å²) in [5, 5.41) is 38.9. The van der Waals surface area contributed by atoms with Crippen molar-refractivity contribution < 1.29 is 53.5 Å². The van der Waals surface area contributed by atoms with Gasteiger partial charge < -0.3 is 34.3 Å². The van der Waals surface area contributed by atoms with Crippen LogP contribution in [0.15, 0.2) is 49.1 Å². The molecule has 5 aliphatic rings. The second-order valence-corrected chi connectivity index (χ2v) is 15.7. The molecule has 2 amide bonds.